The number of rotatable bonds is 2. The highest BCUT2D eigenvalue weighted by Crippen LogP contribution is 2.30. The lowest BCUT2D eigenvalue weighted by molar-refractivity contribution is 0.219. The van der Waals surface area contributed by atoms with E-state index in [1.807, 2.05) is 0 Å². The number of hydrogen-bond acceptors (Lipinski definition) is 1. The second-order valence-corrected chi connectivity index (χ2v) is 5.06. The minimum absolute atomic E-state index is 0.248. The molecule has 2 aromatic rings. The first-order valence-electron chi connectivity index (χ1n) is 5.07. The van der Waals surface area contributed by atoms with Gasteiger partial charge in [0, 0.05) is 15.1 Å². The average Bonchev–Trinajstić information content (AvgIpc) is 2.32. The zero-order chi connectivity index (χ0) is 13.3. The Bertz CT molecular complexity index is 589. The fourth-order valence-electron chi connectivity index (χ4n) is 1.59. The molecule has 0 aliphatic heterocycles. The Balaban J connectivity index is 2.41. The first-order valence-corrected chi connectivity index (χ1v) is 6.24. The van der Waals surface area contributed by atoms with Gasteiger partial charge in [0.1, 0.15) is 6.10 Å². The van der Waals surface area contributed by atoms with Gasteiger partial charge in [0.15, 0.2) is 11.6 Å². The van der Waals surface area contributed by atoms with Crippen molar-refractivity contribution in [3.63, 3.8) is 0 Å². The van der Waals surface area contributed by atoms with Crippen LogP contribution in [0.2, 0.25) is 5.02 Å². The molecule has 2 rings (SSSR count). The molecule has 94 valence electrons. The topological polar surface area (TPSA) is 20.2 Å². The van der Waals surface area contributed by atoms with Crippen LogP contribution >= 0.6 is 27.5 Å². The van der Waals surface area contributed by atoms with Crippen molar-refractivity contribution in [2.24, 2.45) is 0 Å². The molecule has 0 spiro atoms. The third kappa shape index (κ3) is 2.71. The summed E-state index contributed by atoms with van der Waals surface area (Å²) in [7, 11) is 0. The minimum atomic E-state index is -1.10. The maximum absolute atomic E-state index is 13.1. The van der Waals surface area contributed by atoms with Crippen LogP contribution < -0.4 is 0 Å². The lowest BCUT2D eigenvalue weighted by Crippen LogP contribution is -2.01. The molecule has 1 nitrogen and oxygen atoms in total. The van der Waals surface area contributed by atoms with Crippen molar-refractivity contribution in [1.29, 1.82) is 0 Å². The fourth-order valence-corrected chi connectivity index (χ4v) is 2.36. The van der Waals surface area contributed by atoms with E-state index >= 15 is 0 Å². The van der Waals surface area contributed by atoms with E-state index in [4.69, 9.17) is 11.6 Å². The second-order valence-electron chi connectivity index (χ2n) is 3.74. The van der Waals surface area contributed by atoms with Gasteiger partial charge in [-0.1, -0.05) is 39.7 Å². The predicted octanol–water partition coefficient (Wildman–Crippen LogP) is 4.46. The molecule has 18 heavy (non-hydrogen) atoms. The number of halogens is 4. The molecule has 0 saturated carbocycles. The van der Waals surface area contributed by atoms with Gasteiger partial charge in [-0.05, 0) is 29.8 Å². The van der Waals surface area contributed by atoms with Crippen LogP contribution in [-0.4, -0.2) is 5.11 Å². The van der Waals surface area contributed by atoms with Crippen molar-refractivity contribution in [1.82, 2.24) is 0 Å². The standard InChI is InChI=1S/C13H8BrClF2O/c14-8-2-3-9(10(15)6-8)13(18)7-1-4-11(16)12(17)5-7/h1-6,13,18H. The molecule has 2 aromatic carbocycles. The van der Waals surface area contributed by atoms with Crippen molar-refractivity contribution in [2.45, 2.75) is 6.10 Å². The smallest absolute Gasteiger partial charge is 0.159 e. The SMILES string of the molecule is OC(c1ccc(F)c(F)c1)c1ccc(Br)cc1Cl. The Hall–Kier alpha value is -0.970. The van der Waals surface area contributed by atoms with Crippen LogP contribution in [0.3, 0.4) is 0 Å². The third-order valence-corrected chi connectivity index (χ3v) is 3.34. The molecular weight excluding hydrogens is 325 g/mol. The van der Waals surface area contributed by atoms with Crippen molar-refractivity contribution < 1.29 is 13.9 Å². The van der Waals surface area contributed by atoms with Gasteiger partial charge < -0.3 is 5.11 Å². The molecule has 0 amide bonds. The highest BCUT2D eigenvalue weighted by Gasteiger charge is 2.15. The minimum Gasteiger partial charge on any atom is -0.384 e. The summed E-state index contributed by atoms with van der Waals surface area (Å²) >= 11 is 9.23. The summed E-state index contributed by atoms with van der Waals surface area (Å²) in [6.45, 7) is 0. The maximum Gasteiger partial charge on any atom is 0.159 e. The Morgan fingerprint density at radius 2 is 1.78 bits per heavy atom. The number of hydrogen-bond donors (Lipinski definition) is 1. The lowest BCUT2D eigenvalue weighted by atomic mass is 10.0. The summed E-state index contributed by atoms with van der Waals surface area (Å²) in [5.41, 5.74) is 0.684. The van der Waals surface area contributed by atoms with E-state index in [1.54, 1.807) is 18.2 Å². The van der Waals surface area contributed by atoms with Gasteiger partial charge in [0.05, 0.1) is 0 Å². The third-order valence-electron chi connectivity index (χ3n) is 2.52. The Kier molecular flexibility index (Phi) is 4.00. The van der Waals surface area contributed by atoms with E-state index in [1.165, 1.54) is 6.07 Å². The molecule has 0 bridgehead atoms. The summed E-state index contributed by atoms with van der Waals surface area (Å²) in [6, 6.07) is 8.21. The van der Waals surface area contributed by atoms with Gasteiger partial charge >= 0.3 is 0 Å². The van der Waals surface area contributed by atoms with E-state index in [9.17, 15) is 13.9 Å². The summed E-state index contributed by atoms with van der Waals surface area (Å²) in [6.07, 6.45) is -1.10. The average molecular weight is 334 g/mol. The first-order chi connectivity index (χ1) is 8.49. The first kappa shape index (κ1) is 13.5. The molecule has 0 aromatic heterocycles. The maximum atomic E-state index is 13.1. The van der Waals surface area contributed by atoms with Crippen molar-refractivity contribution in [2.75, 3.05) is 0 Å². The monoisotopic (exact) mass is 332 g/mol. The van der Waals surface area contributed by atoms with Crippen molar-refractivity contribution in [3.8, 4) is 0 Å². The number of aliphatic hydroxyl groups is 1. The van der Waals surface area contributed by atoms with E-state index in [2.05, 4.69) is 15.9 Å². The Morgan fingerprint density at radius 1 is 1.06 bits per heavy atom. The summed E-state index contributed by atoms with van der Waals surface area (Å²) in [5, 5.41) is 10.4. The molecule has 1 N–H and O–H groups in total. The van der Waals surface area contributed by atoms with E-state index in [-0.39, 0.29) is 5.56 Å². The van der Waals surface area contributed by atoms with Gasteiger partial charge in [0.2, 0.25) is 0 Å². The zero-order valence-electron chi connectivity index (χ0n) is 9.00. The zero-order valence-corrected chi connectivity index (χ0v) is 11.3. The Labute approximate surface area is 116 Å². The highest BCUT2D eigenvalue weighted by molar-refractivity contribution is 9.10. The summed E-state index contributed by atoms with van der Waals surface area (Å²) < 4.78 is 26.7. The van der Waals surface area contributed by atoms with Gasteiger partial charge in [-0.15, -0.1) is 0 Å². The molecular formula is C13H8BrClF2O. The van der Waals surface area contributed by atoms with Crippen LogP contribution in [0.5, 0.6) is 0 Å². The van der Waals surface area contributed by atoms with Crippen LogP contribution in [0.25, 0.3) is 0 Å². The molecule has 1 unspecified atom stereocenters. The van der Waals surface area contributed by atoms with Crippen LogP contribution in [0.1, 0.15) is 17.2 Å². The summed E-state index contributed by atoms with van der Waals surface area (Å²) in [5.74, 6) is -1.95. The van der Waals surface area contributed by atoms with Gasteiger partial charge in [-0.2, -0.15) is 0 Å². The number of aliphatic hydroxyl groups excluding tert-OH is 1. The van der Waals surface area contributed by atoms with E-state index < -0.39 is 17.7 Å². The van der Waals surface area contributed by atoms with Gasteiger partial charge in [-0.25, -0.2) is 8.78 Å². The molecule has 0 fully saturated rings. The van der Waals surface area contributed by atoms with Gasteiger partial charge in [0.25, 0.3) is 0 Å². The molecule has 0 saturated heterocycles. The summed E-state index contributed by atoms with van der Waals surface area (Å²) in [4.78, 5) is 0. The molecule has 1 atom stereocenters. The van der Waals surface area contributed by atoms with Crippen LogP contribution in [0.15, 0.2) is 40.9 Å². The van der Waals surface area contributed by atoms with Crippen LogP contribution in [0, 0.1) is 11.6 Å². The predicted molar refractivity (Wildman–Crippen MR) is 69.6 cm³/mol. The highest BCUT2D eigenvalue weighted by atomic mass is 79.9. The van der Waals surface area contributed by atoms with Crippen molar-refractivity contribution >= 4 is 27.5 Å². The largest absolute Gasteiger partial charge is 0.384 e. The normalized spacial score (nSPS) is 12.5. The van der Waals surface area contributed by atoms with E-state index in [0.717, 1.165) is 16.6 Å². The van der Waals surface area contributed by atoms with Crippen molar-refractivity contribution in [3.05, 3.63) is 68.7 Å². The number of benzene rings is 2. The van der Waals surface area contributed by atoms with Crippen LogP contribution in [-0.2, 0) is 0 Å². The fraction of sp³-hybridized carbons (Fsp3) is 0.0769. The molecule has 0 aliphatic rings. The second kappa shape index (κ2) is 5.34. The molecule has 5 heteroatoms. The molecule has 0 heterocycles. The Morgan fingerprint density at radius 3 is 2.39 bits per heavy atom. The molecule has 0 radical (unpaired) electrons. The molecule has 0 aliphatic carbocycles. The van der Waals surface area contributed by atoms with Crippen LogP contribution in [0.4, 0.5) is 8.78 Å². The lowest BCUT2D eigenvalue weighted by Gasteiger charge is -2.13. The van der Waals surface area contributed by atoms with E-state index in [0.29, 0.717) is 10.6 Å². The van der Waals surface area contributed by atoms with Gasteiger partial charge in [-0.3, -0.25) is 0 Å². The quantitative estimate of drug-likeness (QED) is 0.860.